The summed E-state index contributed by atoms with van der Waals surface area (Å²) in [6.45, 7) is 3.17. The summed E-state index contributed by atoms with van der Waals surface area (Å²) in [4.78, 5) is 29.5. The van der Waals surface area contributed by atoms with E-state index in [0.29, 0.717) is 30.3 Å². The van der Waals surface area contributed by atoms with Crippen LogP contribution in [0.15, 0.2) is 59.6 Å². The highest BCUT2D eigenvalue weighted by Crippen LogP contribution is 2.31. The lowest BCUT2D eigenvalue weighted by Crippen LogP contribution is -2.48. The molecule has 0 saturated carbocycles. The van der Waals surface area contributed by atoms with Gasteiger partial charge in [-0.05, 0) is 23.3 Å². The second kappa shape index (κ2) is 10.5. The van der Waals surface area contributed by atoms with E-state index in [0.717, 1.165) is 22.5 Å². The molecule has 0 radical (unpaired) electrons. The van der Waals surface area contributed by atoms with Gasteiger partial charge >= 0.3 is 0 Å². The molecule has 1 aliphatic rings. The van der Waals surface area contributed by atoms with Gasteiger partial charge < -0.3 is 10.2 Å². The first kappa shape index (κ1) is 24.8. The van der Waals surface area contributed by atoms with Crippen LogP contribution < -0.4 is 15.7 Å². The van der Waals surface area contributed by atoms with Crippen molar-refractivity contribution in [2.45, 2.75) is 18.4 Å². The van der Waals surface area contributed by atoms with Crippen LogP contribution in [0.5, 0.6) is 0 Å². The fourth-order valence-corrected chi connectivity index (χ4v) is 6.33. The molecule has 4 rings (SSSR count). The number of carbonyl (C=O) groups excluding carboxylic acids is 2. The number of amides is 2. The van der Waals surface area contributed by atoms with E-state index >= 15 is 0 Å². The number of carbonyl (C=O) groups is 2. The standard InChI is InChI=1S/C23H25N5O5S2/c1-16(29)24-14-17-5-4-6-18(13-17)19-7-2-3-8-21(19)35(32,33)28-11-9-27(10-12-28)23-25-15-20(34-23)22(30)26-31/h2-8,13,15,31H,9-12,14H2,1H3,(H,24,29)(H,26,30). The van der Waals surface area contributed by atoms with Crippen LogP contribution >= 0.6 is 11.3 Å². The van der Waals surface area contributed by atoms with Gasteiger partial charge in [-0.25, -0.2) is 18.9 Å². The molecule has 1 saturated heterocycles. The molecule has 35 heavy (non-hydrogen) atoms. The van der Waals surface area contributed by atoms with Crippen molar-refractivity contribution in [2.75, 3.05) is 31.1 Å². The summed E-state index contributed by atoms with van der Waals surface area (Å²) in [5, 5.41) is 12.1. The van der Waals surface area contributed by atoms with Crippen molar-refractivity contribution in [3.63, 3.8) is 0 Å². The smallest absolute Gasteiger partial charge is 0.286 e. The maximum absolute atomic E-state index is 13.6. The molecular formula is C23H25N5O5S2. The molecule has 1 aliphatic heterocycles. The molecule has 12 heteroatoms. The van der Waals surface area contributed by atoms with Gasteiger partial charge in [-0.2, -0.15) is 4.31 Å². The quantitative estimate of drug-likeness (QED) is 0.324. The highest BCUT2D eigenvalue weighted by atomic mass is 32.2. The summed E-state index contributed by atoms with van der Waals surface area (Å²) in [5.74, 6) is -0.768. The van der Waals surface area contributed by atoms with Crippen LogP contribution in [0.4, 0.5) is 5.13 Å². The molecule has 3 aromatic rings. The second-order valence-corrected chi connectivity index (χ2v) is 10.9. The van der Waals surface area contributed by atoms with Gasteiger partial charge in [-0.3, -0.25) is 14.8 Å². The molecular weight excluding hydrogens is 490 g/mol. The zero-order valence-corrected chi connectivity index (χ0v) is 20.6. The number of hydrogen-bond acceptors (Lipinski definition) is 8. The number of thiazole rings is 1. The molecule has 0 unspecified atom stereocenters. The van der Waals surface area contributed by atoms with E-state index in [1.54, 1.807) is 29.7 Å². The summed E-state index contributed by atoms with van der Waals surface area (Å²) >= 11 is 1.13. The summed E-state index contributed by atoms with van der Waals surface area (Å²) in [6, 6.07) is 14.4. The Balaban J connectivity index is 1.53. The minimum absolute atomic E-state index is 0.136. The number of nitrogens with one attached hydrogen (secondary N) is 2. The van der Waals surface area contributed by atoms with Crippen molar-refractivity contribution in [1.82, 2.24) is 20.1 Å². The van der Waals surface area contributed by atoms with E-state index in [9.17, 15) is 18.0 Å². The number of rotatable bonds is 7. The lowest BCUT2D eigenvalue weighted by atomic mass is 10.0. The van der Waals surface area contributed by atoms with Gasteiger partial charge in [0.1, 0.15) is 4.88 Å². The molecule has 2 heterocycles. The molecule has 184 valence electrons. The Morgan fingerprint density at radius 3 is 2.54 bits per heavy atom. The molecule has 0 bridgehead atoms. The first-order valence-electron chi connectivity index (χ1n) is 10.9. The first-order chi connectivity index (χ1) is 16.8. The number of benzene rings is 2. The SMILES string of the molecule is CC(=O)NCc1cccc(-c2ccccc2S(=O)(=O)N2CCN(c3ncc(C(=O)NO)s3)CC2)c1. The predicted molar refractivity (Wildman–Crippen MR) is 132 cm³/mol. The van der Waals surface area contributed by atoms with Crippen LogP contribution in [0.2, 0.25) is 0 Å². The van der Waals surface area contributed by atoms with Gasteiger partial charge in [0.2, 0.25) is 15.9 Å². The Morgan fingerprint density at radius 1 is 1.09 bits per heavy atom. The monoisotopic (exact) mass is 515 g/mol. The number of nitrogens with zero attached hydrogens (tertiary/aromatic N) is 3. The van der Waals surface area contributed by atoms with Gasteiger partial charge in [0.15, 0.2) is 5.13 Å². The number of sulfonamides is 1. The summed E-state index contributed by atoms with van der Waals surface area (Å²) < 4.78 is 28.7. The number of anilines is 1. The van der Waals surface area contributed by atoms with Crippen LogP contribution in [0.1, 0.15) is 22.2 Å². The van der Waals surface area contributed by atoms with Gasteiger partial charge in [-0.1, -0.05) is 47.7 Å². The van der Waals surface area contributed by atoms with Crippen LogP contribution in [0, 0.1) is 0 Å². The van der Waals surface area contributed by atoms with E-state index in [2.05, 4.69) is 10.3 Å². The number of aromatic nitrogens is 1. The lowest BCUT2D eigenvalue weighted by molar-refractivity contribution is -0.119. The maximum Gasteiger partial charge on any atom is 0.286 e. The van der Waals surface area contributed by atoms with E-state index < -0.39 is 15.9 Å². The number of hydroxylamine groups is 1. The summed E-state index contributed by atoms with van der Waals surface area (Å²) in [6.07, 6.45) is 1.38. The largest absolute Gasteiger partial charge is 0.352 e. The topological polar surface area (TPSA) is 132 Å². The Hall–Kier alpha value is -3.32. The molecule has 3 N–H and O–H groups in total. The van der Waals surface area contributed by atoms with Crippen LogP contribution in [-0.2, 0) is 21.4 Å². The molecule has 0 atom stereocenters. The third kappa shape index (κ3) is 5.51. The first-order valence-corrected chi connectivity index (χ1v) is 13.1. The normalized spacial score (nSPS) is 14.5. The van der Waals surface area contributed by atoms with Crippen molar-refractivity contribution in [3.8, 4) is 11.1 Å². The Labute approximate surface area is 207 Å². The Kier molecular flexibility index (Phi) is 7.45. The van der Waals surface area contributed by atoms with Crippen LogP contribution in [0.25, 0.3) is 11.1 Å². The van der Waals surface area contributed by atoms with E-state index in [1.165, 1.54) is 17.4 Å². The summed E-state index contributed by atoms with van der Waals surface area (Å²) in [5.41, 5.74) is 3.80. The Bertz CT molecular complexity index is 1330. The number of piperazine rings is 1. The van der Waals surface area contributed by atoms with Crippen LogP contribution in [0.3, 0.4) is 0 Å². The average molecular weight is 516 g/mol. The molecule has 0 spiro atoms. The van der Waals surface area contributed by atoms with Crippen molar-refractivity contribution >= 4 is 38.3 Å². The van der Waals surface area contributed by atoms with Crippen molar-refractivity contribution in [2.24, 2.45) is 0 Å². The fraction of sp³-hybridized carbons (Fsp3) is 0.261. The predicted octanol–water partition coefficient (Wildman–Crippen LogP) is 2.08. The zero-order valence-electron chi connectivity index (χ0n) is 19.0. The minimum Gasteiger partial charge on any atom is -0.352 e. The van der Waals surface area contributed by atoms with Gasteiger partial charge in [0.25, 0.3) is 5.91 Å². The second-order valence-electron chi connectivity index (χ2n) is 7.95. The van der Waals surface area contributed by atoms with E-state index in [1.807, 2.05) is 29.2 Å². The average Bonchev–Trinajstić information content (AvgIpc) is 3.38. The molecule has 0 aliphatic carbocycles. The third-order valence-electron chi connectivity index (χ3n) is 5.61. The summed E-state index contributed by atoms with van der Waals surface area (Å²) in [7, 11) is -3.77. The van der Waals surface area contributed by atoms with Gasteiger partial charge in [-0.15, -0.1) is 0 Å². The lowest BCUT2D eigenvalue weighted by Gasteiger charge is -2.34. The van der Waals surface area contributed by atoms with E-state index in [-0.39, 0.29) is 28.8 Å². The zero-order chi connectivity index (χ0) is 25.0. The highest BCUT2D eigenvalue weighted by Gasteiger charge is 2.31. The highest BCUT2D eigenvalue weighted by molar-refractivity contribution is 7.89. The number of hydrogen-bond donors (Lipinski definition) is 3. The maximum atomic E-state index is 13.6. The molecule has 1 fully saturated rings. The molecule has 10 nitrogen and oxygen atoms in total. The van der Waals surface area contributed by atoms with Gasteiger partial charge in [0.05, 0.1) is 11.1 Å². The minimum atomic E-state index is -3.77. The molecule has 2 aromatic carbocycles. The van der Waals surface area contributed by atoms with Crippen molar-refractivity contribution in [1.29, 1.82) is 0 Å². The fourth-order valence-electron chi connectivity index (χ4n) is 3.84. The third-order valence-corrected chi connectivity index (χ3v) is 8.63. The molecule has 1 aromatic heterocycles. The van der Waals surface area contributed by atoms with Gasteiger partial charge in [0, 0.05) is 45.2 Å². The molecule has 2 amide bonds. The Morgan fingerprint density at radius 2 is 1.83 bits per heavy atom. The van der Waals surface area contributed by atoms with E-state index in [4.69, 9.17) is 5.21 Å². The van der Waals surface area contributed by atoms with Crippen molar-refractivity contribution < 1.29 is 23.2 Å². The van der Waals surface area contributed by atoms with Crippen LogP contribution in [-0.4, -0.2) is 60.9 Å². The van der Waals surface area contributed by atoms with Crippen molar-refractivity contribution in [3.05, 3.63) is 65.2 Å².